The second-order valence-electron chi connectivity index (χ2n) is 2.58. The first-order chi connectivity index (χ1) is 4.77. The first-order valence-corrected chi connectivity index (χ1v) is 4.76. The van der Waals surface area contributed by atoms with Gasteiger partial charge in [0.2, 0.25) is 0 Å². The van der Waals surface area contributed by atoms with E-state index in [0.717, 1.165) is 6.42 Å². The normalized spacial score (nSPS) is 12.5. The third-order valence-corrected chi connectivity index (χ3v) is 1.88. The Balaban J connectivity index is 2.86. The maximum Gasteiger partial charge on any atom is 0.0117 e. The molecule has 1 atom stereocenters. The molecule has 0 saturated carbocycles. The van der Waals surface area contributed by atoms with Crippen molar-refractivity contribution in [2.45, 2.75) is 43.9 Å². The highest BCUT2D eigenvalue weighted by atomic mass is 79.9. The van der Waals surface area contributed by atoms with Gasteiger partial charge in [-0.2, -0.15) is 0 Å². The van der Waals surface area contributed by atoms with Crippen molar-refractivity contribution >= 4 is 15.9 Å². The zero-order valence-electron chi connectivity index (χ0n) is 6.57. The molecule has 0 rings (SSSR count). The minimum atomic E-state index is 0.665. The van der Waals surface area contributed by atoms with Crippen LogP contribution in [0.1, 0.15) is 39.0 Å². The molecule has 58 valence electrons. The molecule has 0 spiro atoms. The van der Waals surface area contributed by atoms with Gasteiger partial charge >= 0.3 is 0 Å². The van der Waals surface area contributed by atoms with Crippen LogP contribution in [-0.4, -0.2) is 4.83 Å². The molecule has 0 heterocycles. The average Bonchev–Trinajstić information content (AvgIpc) is 1.87. The van der Waals surface area contributed by atoms with Gasteiger partial charge in [0.25, 0.3) is 0 Å². The van der Waals surface area contributed by atoms with E-state index < -0.39 is 0 Å². The first kappa shape index (κ1) is 10.0. The summed E-state index contributed by atoms with van der Waals surface area (Å²) in [5.41, 5.74) is 0. The van der Waals surface area contributed by atoms with Gasteiger partial charge in [0.15, 0.2) is 0 Å². The standard InChI is InChI=1S/C9H15Br/c1-3-4-5-6-7-8-9(2)10/h1,9H,4-8H2,2H3. The van der Waals surface area contributed by atoms with Gasteiger partial charge in [0, 0.05) is 11.2 Å². The number of hydrogen-bond donors (Lipinski definition) is 0. The molecule has 10 heavy (non-hydrogen) atoms. The first-order valence-electron chi connectivity index (χ1n) is 3.85. The van der Waals surface area contributed by atoms with Crippen LogP contribution in [0.15, 0.2) is 0 Å². The molecule has 0 nitrogen and oxygen atoms in total. The van der Waals surface area contributed by atoms with Crippen molar-refractivity contribution in [1.29, 1.82) is 0 Å². The minimum absolute atomic E-state index is 0.665. The Morgan fingerprint density at radius 3 is 2.60 bits per heavy atom. The molecule has 0 aromatic carbocycles. The van der Waals surface area contributed by atoms with Crippen molar-refractivity contribution < 1.29 is 0 Å². The predicted molar refractivity (Wildman–Crippen MR) is 50.3 cm³/mol. The van der Waals surface area contributed by atoms with Crippen LogP contribution in [0.3, 0.4) is 0 Å². The lowest BCUT2D eigenvalue weighted by Gasteiger charge is -2.00. The summed E-state index contributed by atoms with van der Waals surface area (Å²) >= 11 is 3.50. The lowest BCUT2D eigenvalue weighted by molar-refractivity contribution is 0.652. The van der Waals surface area contributed by atoms with Gasteiger partial charge in [-0.05, 0) is 12.8 Å². The number of halogens is 1. The Hall–Kier alpha value is 0.0400. The largest absolute Gasteiger partial charge is 0.120 e. The maximum absolute atomic E-state index is 5.11. The smallest absolute Gasteiger partial charge is 0.0117 e. The number of terminal acetylenes is 1. The predicted octanol–water partition coefficient (Wildman–Crippen LogP) is 3.35. The summed E-state index contributed by atoms with van der Waals surface area (Å²) in [4.78, 5) is 0.665. The quantitative estimate of drug-likeness (QED) is 0.365. The van der Waals surface area contributed by atoms with Crippen LogP contribution in [0.5, 0.6) is 0 Å². The molecule has 1 heteroatoms. The van der Waals surface area contributed by atoms with Crippen LogP contribution >= 0.6 is 15.9 Å². The SMILES string of the molecule is C#CCCCCCC(C)Br. The molecular formula is C9H15Br. The highest BCUT2D eigenvalue weighted by Gasteiger charge is 1.93. The van der Waals surface area contributed by atoms with Gasteiger partial charge in [-0.3, -0.25) is 0 Å². The van der Waals surface area contributed by atoms with Crippen molar-refractivity contribution in [2.75, 3.05) is 0 Å². The van der Waals surface area contributed by atoms with Crippen LogP contribution in [0.25, 0.3) is 0 Å². The molecule has 0 aromatic rings. The van der Waals surface area contributed by atoms with Crippen molar-refractivity contribution in [2.24, 2.45) is 0 Å². The zero-order chi connectivity index (χ0) is 7.82. The third kappa shape index (κ3) is 8.04. The molecule has 1 unspecified atom stereocenters. The fraction of sp³-hybridized carbons (Fsp3) is 0.778. The lowest BCUT2D eigenvalue weighted by atomic mass is 10.1. The topological polar surface area (TPSA) is 0 Å². The van der Waals surface area contributed by atoms with Crippen molar-refractivity contribution in [3.05, 3.63) is 0 Å². The highest BCUT2D eigenvalue weighted by molar-refractivity contribution is 9.09. The molecular weight excluding hydrogens is 188 g/mol. The van der Waals surface area contributed by atoms with Gasteiger partial charge in [0.05, 0.1) is 0 Å². The molecule has 0 radical (unpaired) electrons. The van der Waals surface area contributed by atoms with Crippen LogP contribution < -0.4 is 0 Å². The molecule has 0 aliphatic rings. The lowest BCUT2D eigenvalue weighted by Crippen LogP contribution is -1.88. The molecule has 0 amide bonds. The van der Waals surface area contributed by atoms with Gasteiger partial charge in [0.1, 0.15) is 0 Å². The van der Waals surface area contributed by atoms with Gasteiger partial charge in [-0.1, -0.05) is 35.7 Å². The summed E-state index contributed by atoms with van der Waals surface area (Å²) in [5, 5.41) is 0. The van der Waals surface area contributed by atoms with E-state index in [1.165, 1.54) is 25.7 Å². The Morgan fingerprint density at radius 1 is 1.40 bits per heavy atom. The maximum atomic E-state index is 5.11. The van der Waals surface area contributed by atoms with Crippen LogP contribution in [0.4, 0.5) is 0 Å². The molecule has 0 bridgehead atoms. The molecule has 0 saturated heterocycles. The molecule has 0 fully saturated rings. The minimum Gasteiger partial charge on any atom is -0.120 e. The molecule has 0 aromatic heterocycles. The zero-order valence-corrected chi connectivity index (χ0v) is 8.15. The third-order valence-electron chi connectivity index (χ3n) is 1.42. The second kappa shape index (κ2) is 7.15. The van der Waals surface area contributed by atoms with E-state index in [0.29, 0.717) is 4.83 Å². The molecule has 0 N–H and O–H groups in total. The summed E-state index contributed by atoms with van der Waals surface area (Å²) in [6, 6.07) is 0. The Kier molecular flexibility index (Phi) is 7.18. The number of rotatable bonds is 5. The van der Waals surface area contributed by atoms with Gasteiger partial charge in [-0.25, -0.2) is 0 Å². The monoisotopic (exact) mass is 202 g/mol. The van der Waals surface area contributed by atoms with E-state index in [4.69, 9.17) is 6.42 Å². The van der Waals surface area contributed by atoms with Crippen LogP contribution in [0, 0.1) is 12.3 Å². The van der Waals surface area contributed by atoms with Crippen molar-refractivity contribution in [1.82, 2.24) is 0 Å². The van der Waals surface area contributed by atoms with E-state index in [1.807, 2.05) is 0 Å². The number of unbranched alkanes of at least 4 members (excludes halogenated alkanes) is 3. The highest BCUT2D eigenvalue weighted by Crippen LogP contribution is 2.10. The molecule has 0 aliphatic carbocycles. The summed E-state index contributed by atoms with van der Waals surface area (Å²) in [7, 11) is 0. The summed E-state index contributed by atoms with van der Waals surface area (Å²) in [6.45, 7) is 2.18. The van der Waals surface area contributed by atoms with Crippen molar-refractivity contribution in [3.8, 4) is 12.3 Å². The number of alkyl halides is 1. The second-order valence-corrected chi connectivity index (χ2v) is 4.15. The Bertz CT molecular complexity index is 99.8. The van der Waals surface area contributed by atoms with Crippen LogP contribution in [0.2, 0.25) is 0 Å². The van der Waals surface area contributed by atoms with Crippen molar-refractivity contribution in [3.63, 3.8) is 0 Å². The Labute approximate surface area is 72.5 Å². The van der Waals surface area contributed by atoms with E-state index >= 15 is 0 Å². The molecule has 0 aliphatic heterocycles. The summed E-state index contributed by atoms with van der Waals surface area (Å²) in [5.74, 6) is 2.64. The van der Waals surface area contributed by atoms with Gasteiger partial charge in [-0.15, -0.1) is 12.3 Å². The number of hydrogen-bond acceptors (Lipinski definition) is 0. The van der Waals surface area contributed by atoms with E-state index in [9.17, 15) is 0 Å². The Morgan fingerprint density at radius 2 is 2.10 bits per heavy atom. The fourth-order valence-corrected chi connectivity index (χ4v) is 1.15. The van der Waals surface area contributed by atoms with Gasteiger partial charge < -0.3 is 0 Å². The van der Waals surface area contributed by atoms with E-state index in [2.05, 4.69) is 28.8 Å². The van der Waals surface area contributed by atoms with E-state index in [-0.39, 0.29) is 0 Å². The summed E-state index contributed by atoms with van der Waals surface area (Å²) < 4.78 is 0. The van der Waals surface area contributed by atoms with E-state index in [1.54, 1.807) is 0 Å². The average molecular weight is 203 g/mol. The summed E-state index contributed by atoms with van der Waals surface area (Å²) in [6.07, 6.45) is 11.1. The van der Waals surface area contributed by atoms with Crippen LogP contribution in [-0.2, 0) is 0 Å². The fourth-order valence-electron chi connectivity index (χ4n) is 0.829.